The third kappa shape index (κ3) is 5.37. The molecule has 0 spiro atoms. The zero-order valence-electron chi connectivity index (χ0n) is 13.0. The van der Waals surface area contributed by atoms with Gasteiger partial charge in [0.15, 0.2) is 0 Å². The molecule has 4 heteroatoms. The molecule has 1 amide bonds. The SMILES string of the molecule is CCCNc1ccc(C(=O)NCCCC2CCCC2)cn1. The van der Waals surface area contributed by atoms with Crippen LogP contribution in [-0.2, 0) is 0 Å². The normalized spacial score (nSPS) is 15.1. The van der Waals surface area contributed by atoms with E-state index in [0.29, 0.717) is 5.56 Å². The van der Waals surface area contributed by atoms with Crippen molar-refractivity contribution in [1.29, 1.82) is 0 Å². The van der Waals surface area contributed by atoms with Crippen molar-refractivity contribution < 1.29 is 4.79 Å². The number of aromatic nitrogens is 1. The fourth-order valence-corrected chi connectivity index (χ4v) is 2.88. The highest BCUT2D eigenvalue weighted by atomic mass is 16.1. The molecule has 1 heterocycles. The molecule has 116 valence electrons. The molecular weight excluding hydrogens is 262 g/mol. The summed E-state index contributed by atoms with van der Waals surface area (Å²) in [5, 5.41) is 6.19. The molecule has 0 aromatic carbocycles. The van der Waals surface area contributed by atoms with Gasteiger partial charge in [0.05, 0.1) is 5.56 Å². The smallest absolute Gasteiger partial charge is 0.252 e. The Hall–Kier alpha value is -1.58. The highest BCUT2D eigenvalue weighted by Gasteiger charge is 2.14. The first kappa shape index (κ1) is 15.8. The van der Waals surface area contributed by atoms with Crippen molar-refractivity contribution in [1.82, 2.24) is 10.3 Å². The maximum atomic E-state index is 12.0. The molecule has 1 aromatic rings. The summed E-state index contributed by atoms with van der Waals surface area (Å²) in [7, 11) is 0. The van der Waals surface area contributed by atoms with E-state index in [-0.39, 0.29) is 5.91 Å². The van der Waals surface area contributed by atoms with E-state index in [0.717, 1.165) is 37.7 Å². The molecular formula is C17H27N3O. The Morgan fingerprint density at radius 1 is 1.29 bits per heavy atom. The van der Waals surface area contributed by atoms with Gasteiger partial charge in [-0.3, -0.25) is 4.79 Å². The highest BCUT2D eigenvalue weighted by Crippen LogP contribution is 2.28. The number of hydrogen-bond donors (Lipinski definition) is 2. The van der Waals surface area contributed by atoms with Crippen molar-refractivity contribution in [3.63, 3.8) is 0 Å². The lowest BCUT2D eigenvalue weighted by Gasteiger charge is -2.09. The average molecular weight is 289 g/mol. The van der Waals surface area contributed by atoms with Crippen LogP contribution in [0.5, 0.6) is 0 Å². The number of hydrogen-bond acceptors (Lipinski definition) is 3. The standard InChI is InChI=1S/C17H27N3O/c1-2-11-18-16-10-9-15(13-20-16)17(21)19-12-5-8-14-6-3-4-7-14/h9-10,13-14H,2-8,11-12H2,1H3,(H,18,20)(H,19,21). The quantitative estimate of drug-likeness (QED) is 0.719. The van der Waals surface area contributed by atoms with Crippen LogP contribution in [0.25, 0.3) is 0 Å². The third-order valence-corrected chi connectivity index (χ3v) is 4.13. The lowest BCUT2D eigenvalue weighted by atomic mass is 10.0. The van der Waals surface area contributed by atoms with Crippen molar-refractivity contribution in [2.45, 2.75) is 51.9 Å². The van der Waals surface area contributed by atoms with Crippen LogP contribution in [-0.4, -0.2) is 24.0 Å². The molecule has 21 heavy (non-hydrogen) atoms. The summed E-state index contributed by atoms with van der Waals surface area (Å²) in [4.78, 5) is 16.3. The Bertz CT molecular complexity index is 424. The van der Waals surface area contributed by atoms with Gasteiger partial charge >= 0.3 is 0 Å². The number of nitrogens with one attached hydrogen (secondary N) is 2. The monoisotopic (exact) mass is 289 g/mol. The molecule has 0 bridgehead atoms. The summed E-state index contributed by atoms with van der Waals surface area (Å²) >= 11 is 0. The zero-order valence-corrected chi connectivity index (χ0v) is 13.0. The molecule has 1 fully saturated rings. The Balaban J connectivity index is 1.67. The van der Waals surface area contributed by atoms with Crippen LogP contribution in [0.3, 0.4) is 0 Å². The Morgan fingerprint density at radius 3 is 2.76 bits per heavy atom. The predicted molar refractivity (Wildman–Crippen MR) is 86.5 cm³/mol. The first-order chi connectivity index (χ1) is 10.3. The second-order valence-corrected chi connectivity index (χ2v) is 5.91. The van der Waals surface area contributed by atoms with Crippen molar-refractivity contribution >= 4 is 11.7 Å². The molecule has 2 rings (SSSR count). The van der Waals surface area contributed by atoms with Gasteiger partial charge in [-0.25, -0.2) is 4.98 Å². The number of carbonyl (C=O) groups is 1. The number of rotatable bonds is 8. The first-order valence-corrected chi connectivity index (χ1v) is 8.27. The molecule has 0 aliphatic heterocycles. The van der Waals surface area contributed by atoms with Gasteiger partial charge in [0.2, 0.25) is 0 Å². The summed E-state index contributed by atoms with van der Waals surface area (Å²) in [5.41, 5.74) is 0.637. The third-order valence-electron chi connectivity index (χ3n) is 4.13. The molecule has 1 aromatic heterocycles. The number of pyridine rings is 1. The molecule has 0 radical (unpaired) electrons. The van der Waals surface area contributed by atoms with E-state index in [1.165, 1.54) is 32.1 Å². The van der Waals surface area contributed by atoms with E-state index in [4.69, 9.17) is 0 Å². The lowest BCUT2D eigenvalue weighted by Crippen LogP contribution is -2.24. The summed E-state index contributed by atoms with van der Waals surface area (Å²) in [6.07, 6.45) is 10.6. The van der Waals surface area contributed by atoms with E-state index < -0.39 is 0 Å². The van der Waals surface area contributed by atoms with Crippen molar-refractivity contribution in [2.75, 3.05) is 18.4 Å². The average Bonchev–Trinajstić information content (AvgIpc) is 3.03. The van der Waals surface area contributed by atoms with Crippen LogP contribution in [0, 0.1) is 5.92 Å². The van der Waals surface area contributed by atoms with Gasteiger partial charge in [0.1, 0.15) is 5.82 Å². The van der Waals surface area contributed by atoms with Gasteiger partial charge in [-0.1, -0.05) is 32.6 Å². The van der Waals surface area contributed by atoms with Gasteiger partial charge in [0.25, 0.3) is 5.91 Å². The van der Waals surface area contributed by atoms with Crippen LogP contribution in [0.2, 0.25) is 0 Å². The summed E-state index contributed by atoms with van der Waals surface area (Å²) < 4.78 is 0. The van der Waals surface area contributed by atoms with Crippen LogP contribution in [0.15, 0.2) is 18.3 Å². The number of anilines is 1. The second-order valence-electron chi connectivity index (χ2n) is 5.91. The van der Waals surface area contributed by atoms with Crippen molar-refractivity contribution in [3.8, 4) is 0 Å². The van der Waals surface area contributed by atoms with E-state index in [1.54, 1.807) is 6.20 Å². The van der Waals surface area contributed by atoms with Gasteiger partial charge in [0, 0.05) is 19.3 Å². The fourth-order valence-electron chi connectivity index (χ4n) is 2.88. The zero-order chi connectivity index (χ0) is 14.9. The Morgan fingerprint density at radius 2 is 2.10 bits per heavy atom. The van der Waals surface area contributed by atoms with Crippen LogP contribution in [0.4, 0.5) is 5.82 Å². The topological polar surface area (TPSA) is 54.0 Å². The Labute approximate surface area is 127 Å². The van der Waals surface area contributed by atoms with Gasteiger partial charge in [-0.2, -0.15) is 0 Å². The van der Waals surface area contributed by atoms with Crippen LogP contribution >= 0.6 is 0 Å². The largest absolute Gasteiger partial charge is 0.370 e. The maximum absolute atomic E-state index is 12.0. The summed E-state index contributed by atoms with van der Waals surface area (Å²) in [6.45, 7) is 3.78. The summed E-state index contributed by atoms with van der Waals surface area (Å²) in [5.74, 6) is 1.71. The maximum Gasteiger partial charge on any atom is 0.252 e. The van der Waals surface area contributed by atoms with E-state index in [1.807, 2.05) is 12.1 Å². The van der Waals surface area contributed by atoms with Crippen molar-refractivity contribution in [3.05, 3.63) is 23.9 Å². The first-order valence-electron chi connectivity index (χ1n) is 8.27. The second kappa shape index (κ2) is 8.65. The molecule has 0 unspecified atom stereocenters. The predicted octanol–water partition coefficient (Wildman–Crippen LogP) is 3.60. The molecule has 1 aliphatic carbocycles. The Kier molecular flexibility index (Phi) is 6.51. The number of amides is 1. The minimum absolute atomic E-state index is 0.0176. The minimum Gasteiger partial charge on any atom is -0.370 e. The summed E-state index contributed by atoms with van der Waals surface area (Å²) in [6, 6.07) is 3.69. The number of carbonyl (C=O) groups excluding carboxylic acids is 1. The van der Waals surface area contributed by atoms with E-state index in [9.17, 15) is 4.79 Å². The lowest BCUT2D eigenvalue weighted by molar-refractivity contribution is 0.0952. The molecule has 1 saturated carbocycles. The van der Waals surface area contributed by atoms with Gasteiger partial charge < -0.3 is 10.6 Å². The van der Waals surface area contributed by atoms with Gasteiger partial charge in [-0.05, 0) is 37.3 Å². The molecule has 2 N–H and O–H groups in total. The fraction of sp³-hybridized carbons (Fsp3) is 0.647. The minimum atomic E-state index is -0.0176. The number of nitrogens with zero attached hydrogens (tertiary/aromatic N) is 1. The molecule has 0 saturated heterocycles. The highest BCUT2D eigenvalue weighted by molar-refractivity contribution is 5.93. The van der Waals surface area contributed by atoms with Crippen LogP contribution < -0.4 is 10.6 Å². The van der Waals surface area contributed by atoms with Crippen LogP contribution in [0.1, 0.15) is 62.2 Å². The molecule has 4 nitrogen and oxygen atoms in total. The van der Waals surface area contributed by atoms with E-state index >= 15 is 0 Å². The van der Waals surface area contributed by atoms with E-state index in [2.05, 4.69) is 22.5 Å². The van der Waals surface area contributed by atoms with Gasteiger partial charge in [-0.15, -0.1) is 0 Å². The molecule has 1 aliphatic rings. The molecule has 0 atom stereocenters. The van der Waals surface area contributed by atoms with Crippen molar-refractivity contribution in [2.24, 2.45) is 5.92 Å².